The number of amides is 2. The van der Waals surface area contributed by atoms with Crippen molar-refractivity contribution in [1.29, 1.82) is 0 Å². The van der Waals surface area contributed by atoms with Crippen molar-refractivity contribution in [3.8, 4) is 5.75 Å². The zero-order valence-corrected chi connectivity index (χ0v) is 17.2. The van der Waals surface area contributed by atoms with Crippen LogP contribution in [0.3, 0.4) is 0 Å². The van der Waals surface area contributed by atoms with E-state index in [-0.39, 0.29) is 17.0 Å². The molecule has 0 atom stereocenters. The Morgan fingerprint density at radius 1 is 0.879 bits per heavy atom. The summed E-state index contributed by atoms with van der Waals surface area (Å²) in [5.74, 6) is -1.04. The van der Waals surface area contributed by atoms with Gasteiger partial charge in [-0.05, 0) is 54.6 Å². The molecule has 0 aliphatic heterocycles. The van der Waals surface area contributed by atoms with Crippen LogP contribution in [0.5, 0.6) is 5.75 Å². The Bertz CT molecular complexity index is 1330. The van der Waals surface area contributed by atoms with E-state index in [0.717, 1.165) is 18.2 Å². The Morgan fingerprint density at radius 3 is 2.30 bits per heavy atom. The first-order chi connectivity index (χ1) is 15.8. The highest BCUT2D eigenvalue weighted by Crippen LogP contribution is 2.33. The fourth-order valence-electron chi connectivity index (χ4n) is 3.21. The van der Waals surface area contributed by atoms with Crippen molar-refractivity contribution >= 4 is 34.2 Å². The zero-order valence-electron chi connectivity index (χ0n) is 17.2. The predicted molar refractivity (Wildman–Crippen MR) is 117 cm³/mol. The summed E-state index contributed by atoms with van der Waals surface area (Å²) in [6.45, 7) is 0. The fraction of sp³-hybridized carbons (Fsp3) is 0.0833. The molecule has 4 rings (SSSR count). The number of benzene rings is 3. The Morgan fingerprint density at radius 2 is 1.61 bits per heavy atom. The molecule has 168 valence electrons. The molecule has 1 heterocycles. The van der Waals surface area contributed by atoms with Gasteiger partial charge in [0.25, 0.3) is 11.8 Å². The van der Waals surface area contributed by atoms with E-state index in [1.54, 1.807) is 48.5 Å². The number of fused-ring (bicyclic) bond motifs is 1. The second-order valence-corrected chi connectivity index (χ2v) is 7.02. The average molecular weight is 454 g/mol. The molecule has 0 radical (unpaired) electrons. The van der Waals surface area contributed by atoms with E-state index in [0.29, 0.717) is 22.4 Å². The molecule has 0 bridgehead atoms. The van der Waals surface area contributed by atoms with Crippen molar-refractivity contribution in [2.45, 2.75) is 6.18 Å². The smallest absolute Gasteiger partial charge is 0.416 e. The van der Waals surface area contributed by atoms with Gasteiger partial charge in [0.15, 0.2) is 0 Å². The third kappa shape index (κ3) is 4.67. The van der Waals surface area contributed by atoms with Crippen LogP contribution in [0.1, 0.15) is 26.5 Å². The van der Waals surface area contributed by atoms with E-state index in [4.69, 9.17) is 9.15 Å². The molecule has 0 saturated carbocycles. The standard InChI is InChI=1S/C24H17F3N2O4/c1-32-17-11-9-16(10-12-17)28-23(31)21-20(18-7-2-3-8-19(18)33-21)29-22(30)14-5-4-6-15(13-14)24(25,26)27/h2-13H,1H3,(H,28,31)(H,29,30). The van der Waals surface area contributed by atoms with Gasteiger partial charge >= 0.3 is 6.18 Å². The topological polar surface area (TPSA) is 80.6 Å². The van der Waals surface area contributed by atoms with Crippen LogP contribution in [0.4, 0.5) is 24.5 Å². The first-order valence-electron chi connectivity index (χ1n) is 9.72. The molecule has 0 aliphatic rings. The zero-order chi connectivity index (χ0) is 23.6. The molecule has 6 nitrogen and oxygen atoms in total. The molecule has 0 aliphatic carbocycles. The number of anilines is 2. The van der Waals surface area contributed by atoms with Gasteiger partial charge in [0, 0.05) is 16.6 Å². The molecule has 0 spiro atoms. The molecule has 2 amide bonds. The molecule has 4 aromatic rings. The number of nitrogens with one attached hydrogen (secondary N) is 2. The summed E-state index contributed by atoms with van der Waals surface area (Å²) in [7, 11) is 1.52. The SMILES string of the molecule is COc1ccc(NC(=O)c2oc3ccccc3c2NC(=O)c2cccc(C(F)(F)F)c2)cc1. The van der Waals surface area contributed by atoms with Gasteiger partial charge < -0.3 is 19.8 Å². The summed E-state index contributed by atoms with van der Waals surface area (Å²) < 4.78 is 49.8. The van der Waals surface area contributed by atoms with Crippen molar-refractivity contribution in [3.63, 3.8) is 0 Å². The third-order valence-electron chi connectivity index (χ3n) is 4.84. The maximum atomic E-state index is 13.0. The summed E-state index contributed by atoms with van der Waals surface area (Å²) in [5.41, 5.74) is -0.326. The molecule has 2 N–H and O–H groups in total. The van der Waals surface area contributed by atoms with Gasteiger partial charge in [0.2, 0.25) is 5.76 Å². The van der Waals surface area contributed by atoms with E-state index in [9.17, 15) is 22.8 Å². The summed E-state index contributed by atoms with van der Waals surface area (Å²) in [6.07, 6.45) is -4.60. The van der Waals surface area contributed by atoms with E-state index >= 15 is 0 Å². The van der Waals surface area contributed by atoms with Crippen LogP contribution < -0.4 is 15.4 Å². The minimum atomic E-state index is -4.60. The highest BCUT2D eigenvalue weighted by atomic mass is 19.4. The van der Waals surface area contributed by atoms with Crippen molar-refractivity contribution in [1.82, 2.24) is 0 Å². The summed E-state index contributed by atoms with van der Waals surface area (Å²) in [5, 5.41) is 5.63. The maximum Gasteiger partial charge on any atom is 0.416 e. The van der Waals surface area contributed by atoms with Gasteiger partial charge in [-0.15, -0.1) is 0 Å². The molecule has 9 heteroatoms. The van der Waals surface area contributed by atoms with Crippen molar-refractivity contribution in [2.75, 3.05) is 17.7 Å². The summed E-state index contributed by atoms with van der Waals surface area (Å²) >= 11 is 0. The van der Waals surface area contributed by atoms with E-state index in [1.807, 2.05) is 0 Å². The second-order valence-electron chi connectivity index (χ2n) is 7.02. The lowest BCUT2D eigenvalue weighted by molar-refractivity contribution is -0.137. The van der Waals surface area contributed by atoms with Crippen LogP contribution in [-0.4, -0.2) is 18.9 Å². The van der Waals surface area contributed by atoms with Crippen LogP contribution in [-0.2, 0) is 6.18 Å². The molecule has 3 aromatic carbocycles. The summed E-state index contributed by atoms with van der Waals surface area (Å²) in [4.78, 5) is 25.7. The Kier molecular flexibility index (Phi) is 5.78. The van der Waals surface area contributed by atoms with Gasteiger partial charge in [-0.2, -0.15) is 13.2 Å². The maximum absolute atomic E-state index is 13.0. The number of carbonyl (C=O) groups is 2. The number of rotatable bonds is 5. The highest BCUT2D eigenvalue weighted by molar-refractivity contribution is 6.16. The number of methoxy groups -OCH3 is 1. The van der Waals surface area contributed by atoms with Crippen molar-refractivity contribution in [3.05, 3.63) is 89.7 Å². The lowest BCUT2D eigenvalue weighted by Gasteiger charge is -2.10. The van der Waals surface area contributed by atoms with Crippen LogP contribution in [0.15, 0.2) is 77.2 Å². The molecule has 0 unspecified atom stereocenters. The molecule has 1 aromatic heterocycles. The van der Waals surface area contributed by atoms with Crippen molar-refractivity contribution < 1.29 is 31.9 Å². The molecule has 0 fully saturated rings. The lowest BCUT2D eigenvalue weighted by atomic mass is 10.1. The number of alkyl halides is 3. The van der Waals surface area contributed by atoms with Gasteiger partial charge in [-0.25, -0.2) is 0 Å². The van der Waals surface area contributed by atoms with Crippen LogP contribution in [0.2, 0.25) is 0 Å². The Balaban J connectivity index is 1.66. The molecular formula is C24H17F3N2O4. The first kappa shape index (κ1) is 21.9. The Labute approximate surface area is 186 Å². The van der Waals surface area contributed by atoms with E-state index < -0.39 is 23.6 Å². The number of furan rings is 1. The Hall–Kier alpha value is -4.27. The number of ether oxygens (including phenoxy) is 1. The molecule has 33 heavy (non-hydrogen) atoms. The van der Waals surface area contributed by atoms with Gasteiger partial charge in [-0.1, -0.05) is 18.2 Å². The quantitative estimate of drug-likeness (QED) is 0.390. The molecule has 0 saturated heterocycles. The highest BCUT2D eigenvalue weighted by Gasteiger charge is 2.31. The lowest BCUT2D eigenvalue weighted by Crippen LogP contribution is -2.18. The van der Waals surface area contributed by atoms with E-state index in [2.05, 4.69) is 10.6 Å². The van der Waals surface area contributed by atoms with Gasteiger partial charge in [0.1, 0.15) is 17.0 Å². The predicted octanol–water partition coefficient (Wildman–Crippen LogP) is 5.96. The number of hydrogen-bond donors (Lipinski definition) is 2. The average Bonchev–Trinajstić information content (AvgIpc) is 3.17. The number of carbonyl (C=O) groups excluding carboxylic acids is 2. The largest absolute Gasteiger partial charge is 0.497 e. The first-order valence-corrected chi connectivity index (χ1v) is 9.72. The second kappa shape index (κ2) is 8.70. The molecular weight excluding hydrogens is 437 g/mol. The third-order valence-corrected chi connectivity index (χ3v) is 4.84. The van der Waals surface area contributed by atoms with Gasteiger partial charge in [-0.3, -0.25) is 9.59 Å². The van der Waals surface area contributed by atoms with Crippen molar-refractivity contribution in [2.24, 2.45) is 0 Å². The van der Waals surface area contributed by atoms with Crippen LogP contribution in [0.25, 0.3) is 11.0 Å². The van der Waals surface area contributed by atoms with Gasteiger partial charge in [0.05, 0.1) is 12.7 Å². The minimum Gasteiger partial charge on any atom is -0.497 e. The van der Waals surface area contributed by atoms with Crippen LogP contribution in [0, 0.1) is 0 Å². The number of halogens is 3. The minimum absolute atomic E-state index is 0.0547. The normalized spacial score (nSPS) is 11.3. The number of hydrogen-bond acceptors (Lipinski definition) is 4. The van der Waals surface area contributed by atoms with E-state index in [1.165, 1.54) is 13.2 Å². The van der Waals surface area contributed by atoms with Crippen LogP contribution >= 0.6 is 0 Å². The number of para-hydroxylation sites is 1. The fourth-order valence-corrected chi connectivity index (χ4v) is 3.21. The monoisotopic (exact) mass is 454 g/mol. The summed E-state index contributed by atoms with van der Waals surface area (Å²) in [6, 6.07) is 17.2.